The molecule has 3 aromatic rings. The number of nitrogens with zero attached hydrogens (tertiary/aromatic N) is 4. The average Bonchev–Trinajstić information content (AvgIpc) is 3.43. The first-order chi connectivity index (χ1) is 16.7. The molecular formula is C26H28N4O3S. The van der Waals surface area contributed by atoms with Gasteiger partial charge < -0.3 is 19.4 Å². The Morgan fingerprint density at radius 3 is 2.56 bits per heavy atom. The van der Waals surface area contributed by atoms with E-state index in [-0.39, 0.29) is 17.9 Å². The number of anilines is 1. The molecule has 4 heterocycles. The molecule has 0 bridgehead atoms. The Hall–Kier alpha value is -3.23. The van der Waals surface area contributed by atoms with Crippen molar-refractivity contribution in [2.45, 2.75) is 12.0 Å². The van der Waals surface area contributed by atoms with Crippen LogP contribution in [0, 0.1) is 0 Å². The maximum atomic E-state index is 14.1. The average molecular weight is 477 g/mol. The van der Waals surface area contributed by atoms with E-state index in [1.807, 2.05) is 69.8 Å². The second-order valence-electron chi connectivity index (χ2n) is 8.52. The van der Waals surface area contributed by atoms with Crippen molar-refractivity contribution in [3.05, 3.63) is 82.2 Å². The van der Waals surface area contributed by atoms with Gasteiger partial charge in [0.1, 0.15) is 5.82 Å². The van der Waals surface area contributed by atoms with E-state index < -0.39 is 5.92 Å². The largest absolute Gasteiger partial charge is 0.383 e. The molecule has 0 aliphatic carbocycles. The first kappa shape index (κ1) is 22.6. The van der Waals surface area contributed by atoms with Gasteiger partial charge in [-0.2, -0.15) is 0 Å². The van der Waals surface area contributed by atoms with Crippen molar-refractivity contribution >= 4 is 29.0 Å². The maximum Gasteiger partial charge on any atom is 0.254 e. The van der Waals surface area contributed by atoms with Crippen LogP contribution < -0.4 is 4.90 Å². The van der Waals surface area contributed by atoms with E-state index in [4.69, 9.17) is 4.74 Å². The normalized spacial score (nSPS) is 20.4. The molecule has 2 amide bonds. The minimum absolute atomic E-state index is 0.0462. The van der Waals surface area contributed by atoms with Crippen molar-refractivity contribution in [2.75, 3.05) is 51.3 Å². The summed E-state index contributed by atoms with van der Waals surface area (Å²) in [7, 11) is 1.63. The fraction of sp³-hybridized carbons (Fsp3) is 0.346. The van der Waals surface area contributed by atoms with Crippen LogP contribution in [-0.2, 0) is 9.53 Å². The summed E-state index contributed by atoms with van der Waals surface area (Å²) in [5.41, 5.74) is 1.42. The number of benzene rings is 1. The van der Waals surface area contributed by atoms with Gasteiger partial charge in [0.2, 0.25) is 5.91 Å². The maximum absolute atomic E-state index is 14.1. The minimum atomic E-state index is -0.453. The zero-order chi connectivity index (χ0) is 23.5. The van der Waals surface area contributed by atoms with E-state index in [1.54, 1.807) is 24.6 Å². The van der Waals surface area contributed by atoms with Gasteiger partial charge in [-0.1, -0.05) is 30.3 Å². The summed E-state index contributed by atoms with van der Waals surface area (Å²) < 4.78 is 5.32. The van der Waals surface area contributed by atoms with E-state index in [2.05, 4.69) is 9.88 Å². The molecule has 2 aliphatic heterocycles. The number of amides is 2. The number of hydrogen-bond donors (Lipinski definition) is 0. The second kappa shape index (κ2) is 9.95. The quantitative estimate of drug-likeness (QED) is 0.546. The van der Waals surface area contributed by atoms with Gasteiger partial charge in [-0.05, 0) is 35.2 Å². The van der Waals surface area contributed by atoms with Crippen LogP contribution in [0.2, 0.25) is 0 Å². The summed E-state index contributed by atoms with van der Waals surface area (Å²) in [5, 5.41) is 2.00. The number of piperazine rings is 1. The van der Waals surface area contributed by atoms with Crippen LogP contribution in [0.1, 0.15) is 32.8 Å². The van der Waals surface area contributed by atoms with Gasteiger partial charge in [-0.15, -0.1) is 11.3 Å². The number of pyridine rings is 1. The minimum Gasteiger partial charge on any atom is -0.383 e. The Morgan fingerprint density at radius 2 is 1.85 bits per heavy atom. The SMILES string of the molecule is COCCN1C(=O)c2ccccc2[C@H](C(=O)N2CCN(c3ccccn3)CC2)[C@H]1c1cccs1. The Morgan fingerprint density at radius 1 is 1.06 bits per heavy atom. The molecule has 2 aliphatic rings. The zero-order valence-electron chi connectivity index (χ0n) is 19.2. The Bertz CT molecular complexity index is 1130. The molecule has 2 aromatic heterocycles. The van der Waals surface area contributed by atoms with Crippen molar-refractivity contribution in [2.24, 2.45) is 0 Å². The van der Waals surface area contributed by atoms with E-state index >= 15 is 0 Å². The molecule has 5 rings (SSSR count). The second-order valence-corrected chi connectivity index (χ2v) is 9.50. The van der Waals surface area contributed by atoms with Crippen molar-refractivity contribution in [1.82, 2.24) is 14.8 Å². The third kappa shape index (κ3) is 4.19. The molecule has 1 aromatic carbocycles. The van der Waals surface area contributed by atoms with E-state index in [0.29, 0.717) is 31.8 Å². The molecular weight excluding hydrogens is 448 g/mol. The summed E-state index contributed by atoms with van der Waals surface area (Å²) >= 11 is 1.59. The smallest absolute Gasteiger partial charge is 0.254 e. The van der Waals surface area contributed by atoms with Crippen molar-refractivity contribution in [3.8, 4) is 0 Å². The number of fused-ring (bicyclic) bond motifs is 1. The van der Waals surface area contributed by atoms with Gasteiger partial charge in [0, 0.05) is 56.5 Å². The molecule has 0 unspecified atom stereocenters. The molecule has 7 nitrogen and oxygen atoms in total. The van der Waals surface area contributed by atoms with Crippen molar-refractivity contribution in [3.63, 3.8) is 0 Å². The summed E-state index contributed by atoms with van der Waals surface area (Å²) in [6.07, 6.45) is 1.79. The van der Waals surface area contributed by atoms with Gasteiger partial charge in [0.25, 0.3) is 5.91 Å². The number of thiophene rings is 1. The molecule has 8 heteroatoms. The molecule has 2 atom stereocenters. The van der Waals surface area contributed by atoms with Gasteiger partial charge >= 0.3 is 0 Å². The van der Waals surface area contributed by atoms with Crippen LogP contribution in [0.25, 0.3) is 0 Å². The van der Waals surface area contributed by atoms with Crippen molar-refractivity contribution in [1.29, 1.82) is 0 Å². The molecule has 0 spiro atoms. The first-order valence-corrected chi connectivity index (χ1v) is 12.4. The summed E-state index contributed by atoms with van der Waals surface area (Å²) in [6, 6.07) is 17.1. The highest BCUT2D eigenvalue weighted by Gasteiger charge is 2.46. The third-order valence-corrected chi connectivity index (χ3v) is 7.58. The Labute approximate surface area is 203 Å². The van der Waals surface area contributed by atoms with Crippen molar-refractivity contribution < 1.29 is 14.3 Å². The molecule has 1 saturated heterocycles. The predicted molar refractivity (Wildman–Crippen MR) is 132 cm³/mol. The molecule has 1 fully saturated rings. The lowest BCUT2D eigenvalue weighted by Gasteiger charge is -2.44. The lowest BCUT2D eigenvalue weighted by molar-refractivity contribution is -0.135. The van der Waals surface area contributed by atoms with E-state index in [0.717, 1.165) is 29.3 Å². The van der Waals surface area contributed by atoms with Crippen LogP contribution in [0.3, 0.4) is 0 Å². The highest BCUT2D eigenvalue weighted by molar-refractivity contribution is 7.10. The first-order valence-electron chi connectivity index (χ1n) is 11.6. The van der Waals surface area contributed by atoms with Crippen LogP contribution in [-0.4, -0.2) is 73.0 Å². The monoisotopic (exact) mass is 476 g/mol. The number of hydrogen-bond acceptors (Lipinski definition) is 6. The Kier molecular flexibility index (Phi) is 6.60. The number of methoxy groups -OCH3 is 1. The van der Waals surface area contributed by atoms with Gasteiger partial charge in [-0.25, -0.2) is 4.98 Å². The number of rotatable bonds is 6. The summed E-state index contributed by atoms with van der Waals surface area (Å²) in [6.45, 7) is 3.55. The molecule has 34 heavy (non-hydrogen) atoms. The molecule has 176 valence electrons. The Balaban J connectivity index is 1.47. The highest BCUT2D eigenvalue weighted by atomic mass is 32.1. The van der Waals surface area contributed by atoms with Crippen LogP contribution >= 0.6 is 11.3 Å². The number of aromatic nitrogens is 1. The number of carbonyl (C=O) groups excluding carboxylic acids is 2. The highest BCUT2D eigenvalue weighted by Crippen LogP contribution is 2.45. The molecule has 0 N–H and O–H groups in total. The van der Waals surface area contributed by atoms with E-state index in [9.17, 15) is 9.59 Å². The fourth-order valence-electron chi connectivity index (χ4n) is 4.96. The van der Waals surface area contributed by atoms with Crippen LogP contribution in [0.5, 0.6) is 0 Å². The predicted octanol–water partition coefficient (Wildman–Crippen LogP) is 3.42. The lowest BCUT2D eigenvalue weighted by atomic mass is 9.81. The van der Waals surface area contributed by atoms with Crippen LogP contribution in [0.15, 0.2) is 66.2 Å². The zero-order valence-corrected chi connectivity index (χ0v) is 20.0. The fourth-order valence-corrected chi connectivity index (χ4v) is 5.84. The summed E-state index contributed by atoms with van der Waals surface area (Å²) in [5.74, 6) is 0.507. The van der Waals surface area contributed by atoms with Crippen LogP contribution in [0.4, 0.5) is 5.82 Å². The molecule has 0 radical (unpaired) electrons. The lowest BCUT2D eigenvalue weighted by Crippen LogP contribution is -2.53. The molecule has 0 saturated carbocycles. The standard InChI is InChI=1S/C26H28N4O3S/c1-33-17-16-30-24(21-9-6-18-34-21)23(19-7-2-3-8-20(19)25(30)31)26(32)29-14-12-28(13-15-29)22-10-4-5-11-27-22/h2-11,18,23-24H,12-17H2,1H3/t23-,24+/m0/s1. The van der Waals surface area contributed by atoms with Gasteiger partial charge in [0.05, 0.1) is 18.6 Å². The third-order valence-electron chi connectivity index (χ3n) is 6.64. The number of ether oxygens (including phenoxy) is 1. The van der Waals surface area contributed by atoms with Gasteiger partial charge in [0.15, 0.2) is 0 Å². The van der Waals surface area contributed by atoms with Gasteiger partial charge in [-0.3, -0.25) is 9.59 Å². The number of carbonyl (C=O) groups is 2. The topological polar surface area (TPSA) is 66.0 Å². The summed E-state index contributed by atoms with van der Waals surface area (Å²) in [4.78, 5) is 39.1. The van der Waals surface area contributed by atoms with E-state index in [1.165, 1.54) is 0 Å².